The quantitative estimate of drug-likeness (QED) is 0.945. The molecule has 1 aromatic carbocycles. The minimum Gasteiger partial charge on any atom is -0.337 e. The van der Waals surface area contributed by atoms with Crippen molar-refractivity contribution in [1.29, 1.82) is 0 Å². The zero-order valence-corrected chi connectivity index (χ0v) is 13.3. The number of rotatable bonds is 3. The smallest absolute Gasteiger partial charge is 0.274 e. The van der Waals surface area contributed by atoms with E-state index >= 15 is 0 Å². The predicted molar refractivity (Wildman–Crippen MR) is 86.8 cm³/mol. The van der Waals surface area contributed by atoms with Crippen LogP contribution in [0.5, 0.6) is 0 Å². The van der Waals surface area contributed by atoms with E-state index in [1.165, 1.54) is 5.56 Å². The topological polar surface area (TPSA) is 49.0 Å². The molecule has 3 rings (SSSR count). The van der Waals surface area contributed by atoms with Gasteiger partial charge in [-0.25, -0.2) is 0 Å². The normalized spacial score (nSPS) is 17.5. The fourth-order valence-corrected chi connectivity index (χ4v) is 2.85. The molecule has 0 radical (unpaired) electrons. The average Bonchev–Trinajstić information content (AvgIpc) is 2.96. The number of piperidine rings is 1. The zero-order valence-electron chi connectivity index (χ0n) is 13.3. The number of hydrogen-bond acceptors (Lipinski definition) is 2. The molecule has 4 heteroatoms. The van der Waals surface area contributed by atoms with Gasteiger partial charge in [-0.3, -0.25) is 9.89 Å². The number of aromatic amines is 1. The molecular formula is C18H23N3O. The molecule has 116 valence electrons. The molecule has 0 spiro atoms. The lowest BCUT2D eigenvalue weighted by molar-refractivity contribution is 0.0624. The Balaban J connectivity index is 1.65. The highest BCUT2D eigenvalue weighted by molar-refractivity contribution is 5.92. The first kappa shape index (κ1) is 14.8. The minimum atomic E-state index is 0.0473. The van der Waals surface area contributed by atoms with Crippen LogP contribution in [-0.2, 0) is 6.42 Å². The molecular weight excluding hydrogens is 274 g/mol. The summed E-state index contributed by atoms with van der Waals surface area (Å²) in [4.78, 5) is 14.4. The number of nitrogens with zero attached hydrogens (tertiary/aromatic N) is 2. The third kappa shape index (κ3) is 3.38. The SMILES string of the molecule is CC1(C)CCN(C(=O)c2cc(Cc3ccccc3)[nH]n2)CC1. The molecule has 0 atom stereocenters. The largest absolute Gasteiger partial charge is 0.337 e. The van der Waals surface area contributed by atoms with Crippen LogP contribution in [-0.4, -0.2) is 34.1 Å². The van der Waals surface area contributed by atoms with Gasteiger partial charge in [0, 0.05) is 25.2 Å². The van der Waals surface area contributed by atoms with Crippen molar-refractivity contribution in [3.8, 4) is 0 Å². The molecule has 0 bridgehead atoms. The molecule has 1 aliphatic heterocycles. The summed E-state index contributed by atoms with van der Waals surface area (Å²) in [5, 5.41) is 7.20. The van der Waals surface area contributed by atoms with Crippen LogP contribution in [0.3, 0.4) is 0 Å². The fraction of sp³-hybridized carbons (Fsp3) is 0.444. The first-order chi connectivity index (χ1) is 10.5. The second kappa shape index (κ2) is 5.95. The maximum Gasteiger partial charge on any atom is 0.274 e. The first-order valence-electron chi connectivity index (χ1n) is 7.91. The van der Waals surface area contributed by atoms with Crippen molar-refractivity contribution in [2.24, 2.45) is 5.41 Å². The Hall–Kier alpha value is -2.10. The van der Waals surface area contributed by atoms with Crippen molar-refractivity contribution in [3.05, 3.63) is 53.3 Å². The molecule has 2 heterocycles. The molecule has 0 aliphatic carbocycles. The standard InChI is InChI=1S/C18H23N3O/c1-18(2)8-10-21(11-9-18)17(22)16-13-15(19-20-16)12-14-6-4-3-5-7-14/h3-7,13H,8-12H2,1-2H3,(H,19,20). The number of benzene rings is 1. The molecule has 1 N–H and O–H groups in total. The second-order valence-corrected chi connectivity index (χ2v) is 6.90. The van der Waals surface area contributed by atoms with E-state index in [9.17, 15) is 4.79 Å². The van der Waals surface area contributed by atoms with Gasteiger partial charge in [0.2, 0.25) is 0 Å². The van der Waals surface area contributed by atoms with Crippen molar-refractivity contribution in [3.63, 3.8) is 0 Å². The van der Waals surface area contributed by atoms with Crippen molar-refractivity contribution >= 4 is 5.91 Å². The fourth-order valence-electron chi connectivity index (χ4n) is 2.85. The maximum atomic E-state index is 12.5. The number of likely N-dealkylation sites (tertiary alicyclic amines) is 1. The van der Waals surface area contributed by atoms with E-state index in [2.05, 4.69) is 36.2 Å². The average molecular weight is 297 g/mol. The van der Waals surface area contributed by atoms with Crippen LogP contribution in [0.1, 0.15) is 48.4 Å². The number of carbonyl (C=O) groups is 1. The van der Waals surface area contributed by atoms with E-state index in [0.29, 0.717) is 11.1 Å². The van der Waals surface area contributed by atoms with Crippen molar-refractivity contribution in [2.45, 2.75) is 33.1 Å². The highest BCUT2D eigenvalue weighted by Gasteiger charge is 2.29. The molecule has 0 saturated carbocycles. The van der Waals surface area contributed by atoms with Crippen LogP contribution in [0.2, 0.25) is 0 Å². The monoisotopic (exact) mass is 297 g/mol. The lowest BCUT2D eigenvalue weighted by atomic mass is 9.82. The van der Waals surface area contributed by atoms with Crippen LogP contribution < -0.4 is 0 Å². The van der Waals surface area contributed by atoms with Gasteiger partial charge < -0.3 is 4.90 Å². The molecule has 0 unspecified atom stereocenters. The Morgan fingerprint density at radius 1 is 1.23 bits per heavy atom. The second-order valence-electron chi connectivity index (χ2n) is 6.90. The molecule has 4 nitrogen and oxygen atoms in total. The summed E-state index contributed by atoms with van der Waals surface area (Å²) in [5.41, 5.74) is 3.07. The summed E-state index contributed by atoms with van der Waals surface area (Å²) in [7, 11) is 0. The van der Waals surface area contributed by atoms with E-state index in [-0.39, 0.29) is 5.91 Å². The summed E-state index contributed by atoms with van der Waals surface area (Å²) in [6.45, 7) is 6.18. The van der Waals surface area contributed by atoms with Gasteiger partial charge in [-0.2, -0.15) is 5.10 Å². The molecule has 1 amide bonds. The third-order valence-electron chi connectivity index (χ3n) is 4.49. The van der Waals surface area contributed by atoms with E-state index in [0.717, 1.165) is 38.0 Å². The van der Waals surface area contributed by atoms with Crippen LogP contribution in [0, 0.1) is 5.41 Å². The summed E-state index contributed by atoms with van der Waals surface area (Å²) < 4.78 is 0. The van der Waals surface area contributed by atoms with Crippen LogP contribution in [0.15, 0.2) is 36.4 Å². The maximum absolute atomic E-state index is 12.5. The van der Waals surface area contributed by atoms with Gasteiger partial charge in [0.05, 0.1) is 0 Å². The number of aromatic nitrogens is 2. The van der Waals surface area contributed by atoms with Crippen molar-refractivity contribution in [2.75, 3.05) is 13.1 Å². The van der Waals surface area contributed by atoms with E-state index in [1.54, 1.807) is 0 Å². The minimum absolute atomic E-state index is 0.0473. The highest BCUT2D eigenvalue weighted by Crippen LogP contribution is 2.30. The Kier molecular flexibility index (Phi) is 4.01. The van der Waals surface area contributed by atoms with Gasteiger partial charge in [0.15, 0.2) is 0 Å². The van der Waals surface area contributed by atoms with Gasteiger partial charge in [0.1, 0.15) is 5.69 Å². The van der Waals surface area contributed by atoms with E-state index in [4.69, 9.17) is 0 Å². The number of hydrogen-bond donors (Lipinski definition) is 1. The lowest BCUT2D eigenvalue weighted by Crippen LogP contribution is -2.41. The summed E-state index contributed by atoms with van der Waals surface area (Å²) in [6.07, 6.45) is 2.88. The van der Waals surface area contributed by atoms with E-state index in [1.807, 2.05) is 29.2 Å². The molecule has 1 fully saturated rings. The summed E-state index contributed by atoms with van der Waals surface area (Å²) in [5.74, 6) is 0.0473. The zero-order chi connectivity index (χ0) is 15.6. The third-order valence-corrected chi connectivity index (χ3v) is 4.49. The van der Waals surface area contributed by atoms with Gasteiger partial charge in [0.25, 0.3) is 5.91 Å². The van der Waals surface area contributed by atoms with Crippen LogP contribution in [0.25, 0.3) is 0 Å². The van der Waals surface area contributed by atoms with Gasteiger partial charge in [-0.1, -0.05) is 44.2 Å². The molecule has 22 heavy (non-hydrogen) atoms. The number of nitrogens with one attached hydrogen (secondary N) is 1. The van der Waals surface area contributed by atoms with Gasteiger partial charge in [-0.15, -0.1) is 0 Å². The van der Waals surface area contributed by atoms with E-state index < -0.39 is 0 Å². The van der Waals surface area contributed by atoms with Crippen molar-refractivity contribution in [1.82, 2.24) is 15.1 Å². The van der Waals surface area contributed by atoms with Crippen molar-refractivity contribution < 1.29 is 4.79 Å². The van der Waals surface area contributed by atoms with Crippen LogP contribution in [0.4, 0.5) is 0 Å². The molecule has 1 aliphatic rings. The predicted octanol–water partition coefficient (Wildman–Crippen LogP) is 3.26. The molecule has 2 aromatic rings. The first-order valence-corrected chi connectivity index (χ1v) is 7.91. The summed E-state index contributed by atoms with van der Waals surface area (Å²) in [6, 6.07) is 12.1. The van der Waals surface area contributed by atoms with Gasteiger partial charge >= 0.3 is 0 Å². The van der Waals surface area contributed by atoms with Crippen LogP contribution >= 0.6 is 0 Å². The number of amides is 1. The Morgan fingerprint density at radius 3 is 2.59 bits per heavy atom. The Morgan fingerprint density at radius 2 is 1.91 bits per heavy atom. The summed E-state index contributed by atoms with van der Waals surface area (Å²) >= 11 is 0. The van der Waals surface area contributed by atoms with Gasteiger partial charge in [-0.05, 0) is 29.9 Å². The molecule has 1 saturated heterocycles. The molecule has 1 aromatic heterocycles. The lowest BCUT2D eigenvalue weighted by Gasteiger charge is -2.36. The highest BCUT2D eigenvalue weighted by atomic mass is 16.2. The number of carbonyl (C=O) groups excluding carboxylic acids is 1. The number of H-pyrrole nitrogens is 1. The Bertz CT molecular complexity index is 635. The Labute approximate surface area is 131 Å².